The second-order valence-corrected chi connectivity index (χ2v) is 7.21. The number of nitrogens with one attached hydrogen (secondary N) is 1. The molecule has 0 aliphatic carbocycles. The number of piperidine rings is 3. The Morgan fingerprint density at radius 2 is 2.00 bits per heavy atom. The van der Waals surface area contributed by atoms with Crippen molar-refractivity contribution in [2.24, 2.45) is 11.8 Å². The number of hydrogen-bond donors (Lipinski definition) is 2. The van der Waals surface area contributed by atoms with Gasteiger partial charge in [0.1, 0.15) is 0 Å². The minimum atomic E-state index is -0.0796. The van der Waals surface area contributed by atoms with E-state index in [0.29, 0.717) is 30.2 Å². The van der Waals surface area contributed by atoms with Crippen LogP contribution in [0.3, 0.4) is 0 Å². The first-order valence-corrected chi connectivity index (χ1v) is 9.08. The summed E-state index contributed by atoms with van der Waals surface area (Å²) in [6.45, 7) is 4.40. The van der Waals surface area contributed by atoms with Gasteiger partial charge in [-0.15, -0.1) is 0 Å². The highest BCUT2D eigenvalue weighted by Crippen LogP contribution is 2.32. The predicted octanol–water partition coefficient (Wildman–Crippen LogP) is 0.208. The second kappa shape index (κ2) is 7.62. The molecule has 3 rings (SSSR count). The molecule has 6 nitrogen and oxygen atoms in total. The van der Waals surface area contributed by atoms with Gasteiger partial charge in [0.2, 0.25) is 11.8 Å². The Kier molecular flexibility index (Phi) is 5.54. The highest BCUT2D eigenvalue weighted by molar-refractivity contribution is 5.78. The zero-order chi connectivity index (χ0) is 16.2. The van der Waals surface area contributed by atoms with E-state index in [1.165, 1.54) is 0 Å². The van der Waals surface area contributed by atoms with E-state index in [-0.39, 0.29) is 18.9 Å². The fraction of sp³-hybridized carbons (Fsp3) is 0.882. The molecule has 0 saturated carbocycles. The number of aliphatic hydroxyl groups is 1. The lowest BCUT2D eigenvalue weighted by Gasteiger charge is -2.48. The van der Waals surface area contributed by atoms with E-state index in [9.17, 15) is 9.59 Å². The molecule has 0 aromatic rings. The van der Waals surface area contributed by atoms with E-state index in [2.05, 4.69) is 10.2 Å². The number of amides is 2. The number of rotatable bonds is 4. The minimum absolute atomic E-state index is 0.0488. The zero-order valence-corrected chi connectivity index (χ0v) is 13.9. The first-order valence-electron chi connectivity index (χ1n) is 9.08. The summed E-state index contributed by atoms with van der Waals surface area (Å²) in [5, 5.41) is 12.3. The number of fused-ring (bicyclic) bond motifs is 1. The topological polar surface area (TPSA) is 72.9 Å². The maximum absolute atomic E-state index is 12.4. The van der Waals surface area contributed by atoms with Crippen molar-refractivity contribution in [3.05, 3.63) is 0 Å². The smallest absolute Gasteiger partial charge is 0.224 e. The predicted molar refractivity (Wildman–Crippen MR) is 86.7 cm³/mol. The molecule has 2 atom stereocenters. The molecular formula is C17H29N3O3. The van der Waals surface area contributed by atoms with E-state index in [0.717, 1.165) is 58.4 Å². The average molecular weight is 323 g/mol. The number of likely N-dealkylation sites (tertiary alicyclic amines) is 2. The molecular weight excluding hydrogens is 294 g/mol. The van der Waals surface area contributed by atoms with Gasteiger partial charge < -0.3 is 20.2 Å². The fourth-order valence-electron chi connectivity index (χ4n) is 4.41. The van der Waals surface area contributed by atoms with Crippen molar-refractivity contribution in [3.63, 3.8) is 0 Å². The van der Waals surface area contributed by atoms with E-state index in [1.807, 2.05) is 4.90 Å². The summed E-state index contributed by atoms with van der Waals surface area (Å²) in [5.74, 6) is 1.38. The molecule has 0 spiro atoms. The van der Waals surface area contributed by atoms with Gasteiger partial charge in [-0.05, 0) is 50.6 Å². The van der Waals surface area contributed by atoms with Gasteiger partial charge in [0.25, 0.3) is 0 Å². The van der Waals surface area contributed by atoms with Crippen molar-refractivity contribution < 1.29 is 14.7 Å². The molecule has 3 fully saturated rings. The van der Waals surface area contributed by atoms with Gasteiger partial charge in [-0.1, -0.05) is 0 Å². The van der Waals surface area contributed by atoms with Crippen molar-refractivity contribution in [2.45, 2.75) is 44.6 Å². The monoisotopic (exact) mass is 323 g/mol. The van der Waals surface area contributed by atoms with E-state index in [4.69, 9.17) is 5.11 Å². The van der Waals surface area contributed by atoms with Crippen LogP contribution in [0.2, 0.25) is 0 Å². The number of carbonyl (C=O) groups is 2. The molecule has 6 heteroatoms. The molecule has 2 N–H and O–H groups in total. The second-order valence-electron chi connectivity index (χ2n) is 7.21. The Morgan fingerprint density at radius 1 is 1.22 bits per heavy atom. The molecule has 0 aromatic heterocycles. The third-order valence-corrected chi connectivity index (χ3v) is 5.74. The maximum atomic E-state index is 12.4. The number of hydrogen-bond acceptors (Lipinski definition) is 4. The van der Waals surface area contributed by atoms with Crippen LogP contribution < -0.4 is 5.32 Å². The SMILES string of the molecule is O=C(CCO)N1CC[C@@H]2[C@@H](CCC(=O)N2CC2CCNCC2)C1. The van der Waals surface area contributed by atoms with Crippen LogP contribution in [0.5, 0.6) is 0 Å². The minimum Gasteiger partial charge on any atom is -0.396 e. The van der Waals surface area contributed by atoms with Crippen molar-refractivity contribution in [1.82, 2.24) is 15.1 Å². The molecule has 0 aromatic carbocycles. The van der Waals surface area contributed by atoms with Crippen LogP contribution in [0.4, 0.5) is 0 Å². The molecule has 0 bridgehead atoms. The van der Waals surface area contributed by atoms with Crippen LogP contribution in [-0.4, -0.2) is 72.1 Å². The molecule has 2 amide bonds. The highest BCUT2D eigenvalue weighted by Gasteiger charge is 2.40. The summed E-state index contributed by atoms with van der Waals surface area (Å²) in [6, 6.07) is 0.310. The Hall–Kier alpha value is -1.14. The van der Waals surface area contributed by atoms with E-state index >= 15 is 0 Å². The van der Waals surface area contributed by atoms with Crippen molar-refractivity contribution in [2.75, 3.05) is 39.3 Å². The standard InChI is InChI=1S/C17H29N3O3/c21-10-6-16(22)19-9-5-15-14(12-19)1-2-17(23)20(15)11-13-3-7-18-8-4-13/h13-15,18,21H,1-12H2/t14-,15+/m0/s1. The van der Waals surface area contributed by atoms with Crippen LogP contribution in [0.15, 0.2) is 0 Å². The quantitative estimate of drug-likeness (QED) is 0.776. The lowest BCUT2D eigenvalue weighted by atomic mass is 9.82. The first kappa shape index (κ1) is 16.7. The van der Waals surface area contributed by atoms with Crippen LogP contribution >= 0.6 is 0 Å². The molecule has 3 heterocycles. The van der Waals surface area contributed by atoms with Crippen LogP contribution in [0.1, 0.15) is 38.5 Å². The van der Waals surface area contributed by atoms with Gasteiger partial charge >= 0.3 is 0 Å². The Balaban J connectivity index is 1.61. The van der Waals surface area contributed by atoms with E-state index < -0.39 is 0 Å². The van der Waals surface area contributed by atoms with Gasteiger partial charge in [-0.3, -0.25) is 9.59 Å². The van der Waals surface area contributed by atoms with Crippen LogP contribution in [0, 0.1) is 11.8 Å². The van der Waals surface area contributed by atoms with Gasteiger partial charge in [-0.2, -0.15) is 0 Å². The fourth-order valence-corrected chi connectivity index (χ4v) is 4.41. The third-order valence-electron chi connectivity index (χ3n) is 5.74. The van der Waals surface area contributed by atoms with Gasteiger partial charge in [0, 0.05) is 38.5 Å². The summed E-state index contributed by atoms with van der Waals surface area (Å²) >= 11 is 0. The molecule has 0 radical (unpaired) electrons. The normalized spacial score (nSPS) is 29.5. The van der Waals surface area contributed by atoms with Crippen molar-refractivity contribution in [1.29, 1.82) is 0 Å². The zero-order valence-electron chi connectivity index (χ0n) is 13.9. The van der Waals surface area contributed by atoms with Crippen molar-refractivity contribution >= 4 is 11.8 Å². The summed E-state index contributed by atoms with van der Waals surface area (Å²) in [7, 11) is 0. The summed E-state index contributed by atoms with van der Waals surface area (Å²) in [6.07, 6.45) is 4.93. The van der Waals surface area contributed by atoms with Gasteiger partial charge in [-0.25, -0.2) is 0 Å². The van der Waals surface area contributed by atoms with Crippen molar-refractivity contribution in [3.8, 4) is 0 Å². The Morgan fingerprint density at radius 3 is 2.74 bits per heavy atom. The summed E-state index contributed by atoms with van der Waals surface area (Å²) in [5.41, 5.74) is 0. The highest BCUT2D eigenvalue weighted by atomic mass is 16.3. The molecule has 3 saturated heterocycles. The molecule has 3 aliphatic heterocycles. The number of aliphatic hydroxyl groups excluding tert-OH is 1. The van der Waals surface area contributed by atoms with Crippen LogP contribution in [0.25, 0.3) is 0 Å². The number of nitrogens with zero attached hydrogens (tertiary/aromatic N) is 2. The Labute approximate surface area is 138 Å². The molecule has 0 unspecified atom stereocenters. The molecule has 23 heavy (non-hydrogen) atoms. The molecule has 130 valence electrons. The largest absolute Gasteiger partial charge is 0.396 e. The number of carbonyl (C=O) groups excluding carboxylic acids is 2. The van der Waals surface area contributed by atoms with Gasteiger partial charge in [0.05, 0.1) is 6.61 Å². The Bertz CT molecular complexity index is 437. The molecule has 3 aliphatic rings. The summed E-state index contributed by atoms with van der Waals surface area (Å²) < 4.78 is 0. The lowest BCUT2D eigenvalue weighted by Crippen LogP contribution is -2.58. The maximum Gasteiger partial charge on any atom is 0.224 e. The lowest BCUT2D eigenvalue weighted by molar-refractivity contribution is -0.145. The summed E-state index contributed by atoms with van der Waals surface area (Å²) in [4.78, 5) is 28.5. The first-order chi connectivity index (χ1) is 11.2. The van der Waals surface area contributed by atoms with Gasteiger partial charge in [0.15, 0.2) is 0 Å². The third kappa shape index (κ3) is 3.86. The van der Waals surface area contributed by atoms with Crippen LogP contribution in [-0.2, 0) is 9.59 Å². The average Bonchev–Trinajstić information content (AvgIpc) is 2.58. The van der Waals surface area contributed by atoms with E-state index in [1.54, 1.807) is 0 Å².